The molecule has 128 valence electrons. The molecule has 1 atom stereocenters. The van der Waals surface area contributed by atoms with E-state index in [9.17, 15) is 4.79 Å². The van der Waals surface area contributed by atoms with Crippen LogP contribution in [0.3, 0.4) is 0 Å². The van der Waals surface area contributed by atoms with Gasteiger partial charge in [0.25, 0.3) is 5.91 Å². The van der Waals surface area contributed by atoms with Crippen LogP contribution >= 0.6 is 0 Å². The lowest BCUT2D eigenvalue weighted by molar-refractivity contribution is -0.127. The second kappa shape index (κ2) is 8.39. The van der Waals surface area contributed by atoms with Crippen molar-refractivity contribution in [2.75, 3.05) is 13.2 Å². The van der Waals surface area contributed by atoms with Crippen LogP contribution < -0.4 is 14.8 Å². The highest BCUT2D eigenvalue weighted by molar-refractivity contribution is 5.80. The first-order chi connectivity index (χ1) is 11.4. The van der Waals surface area contributed by atoms with Crippen molar-refractivity contribution >= 4 is 5.91 Å². The molecule has 0 bridgehead atoms. The minimum absolute atomic E-state index is 0.153. The van der Waals surface area contributed by atoms with E-state index in [1.54, 1.807) is 6.92 Å². The number of hydrogen-bond acceptors (Lipinski definition) is 3. The molecule has 0 heterocycles. The number of aryl methyl sites for hydroxylation is 3. The third-order valence-corrected chi connectivity index (χ3v) is 3.57. The Labute approximate surface area is 143 Å². The summed E-state index contributed by atoms with van der Waals surface area (Å²) >= 11 is 0. The second-order valence-corrected chi connectivity index (χ2v) is 6.04. The summed E-state index contributed by atoms with van der Waals surface area (Å²) in [5.74, 6) is 1.36. The van der Waals surface area contributed by atoms with Crippen molar-refractivity contribution in [3.63, 3.8) is 0 Å². The van der Waals surface area contributed by atoms with Crippen LogP contribution in [0, 0.1) is 20.8 Å². The fourth-order valence-corrected chi connectivity index (χ4v) is 2.38. The molecule has 0 aromatic heterocycles. The summed E-state index contributed by atoms with van der Waals surface area (Å²) in [4.78, 5) is 12.0. The molecule has 0 unspecified atom stereocenters. The Hall–Kier alpha value is -2.49. The van der Waals surface area contributed by atoms with Gasteiger partial charge < -0.3 is 14.8 Å². The summed E-state index contributed by atoms with van der Waals surface area (Å²) in [7, 11) is 0. The number of benzene rings is 2. The first-order valence-corrected chi connectivity index (χ1v) is 8.16. The van der Waals surface area contributed by atoms with Gasteiger partial charge in [0.15, 0.2) is 6.10 Å². The fraction of sp³-hybridized carbons (Fsp3) is 0.350. The smallest absolute Gasteiger partial charge is 0.260 e. The standard InChI is InChI=1S/C20H25NO3/c1-14-5-7-18(8-6-14)24-17(4)20(22)21-9-10-23-19-12-15(2)11-16(3)13-19/h5-8,11-13,17H,9-10H2,1-4H3,(H,21,22)/t17-/m0/s1. The summed E-state index contributed by atoms with van der Waals surface area (Å²) in [5.41, 5.74) is 3.48. The Morgan fingerprint density at radius 2 is 1.58 bits per heavy atom. The van der Waals surface area contributed by atoms with Crippen molar-refractivity contribution in [1.29, 1.82) is 0 Å². The molecular formula is C20H25NO3. The van der Waals surface area contributed by atoms with Crippen LogP contribution in [0.25, 0.3) is 0 Å². The Morgan fingerprint density at radius 1 is 0.958 bits per heavy atom. The highest BCUT2D eigenvalue weighted by atomic mass is 16.5. The van der Waals surface area contributed by atoms with Gasteiger partial charge in [0.1, 0.15) is 18.1 Å². The normalized spacial score (nSPS) is 11.7. The number of nitrogens with one attached hydrogen (secondary N) is 1. The maximum absolute atomic E-state index is 12.0. The van der Waals surface area contributed by atoms with Crippen LogP contribution in [0.15, 0.2) is 42.5 Å². The van der Waals surface area contributed by atoms with Gasteiger partial charge in [0, 0.05) is 0 Å². The van der Waals surface area contributed by atoms with Crippen molar-refractivity contribution in [3.8, 4) is 11.5 Å². The lowest BCUT2D eigenvalue weighted by Crippen LogP contribution is -2.38. The van der Waals surface area contributed by atoms with E-state index in [0.717, 1.165) is 22.4 Å². The van der Waals surface area contributed by atoms with E-state index in [0.29, 0.717) is 18.9 Å². The van der Waals surface area contributed by atoms with E-state index in [-0.39, 0.29) is 5.91 Å². The zero-order valence-corrected chi connectivity index (χ0v) is 14.8. The number of hydrogen-bond donors (Lipinski definition) is 1. The molecule has 0 aliphatic carbocycles. The first kappa shape index (κ1) is 17.9. The third kappa shape index (κ3) is 5.61. The summed E-state index contributed by atoms with van der Waals surface area (Å²) in [6.07, 6.45) is -0.547. The largest absolute Gasteiger partial charge is 0.492 e. The Balaban J connectivity index is 1.73. The first-order valence-electron chi connectivity index (χ1n) is 8.16. The van der Waals surface area contributed by atoms with Gasteiger partial charge in [-0.2, -0.15) is 0 Å². The molecular weight excluding hydrogens is 302 g/mol. The molecule has 0 aliphatic heterocycles. The summed E-state index contributed by atoms with van der Waals surface area (Å²) in [5, 5.41) is 2.82. The van der Waals surface area contributed by atoms with Gasteiger partial charge in [0.05, 0.1) is 6.54 Å². The highest BCUT2D eigenvalue weighted by Gasteiger charge is 2.13. The maximum atomic E-state index is 12.0. The maximum Gasteiger partial charge on any atom is 0.260 e. The molecule has 2 aromatic carbocycles. The molecule has 1 N–H and O–H groups in total. The van der Waals surface area contributed by atoms with E-state index in [2.05, 4.69) is 11.4 Å². The highest BCUT2D eigenvalue weighted by Crippen LogP contribution is 2.16. The minimum atomic E-state index is -0.547. The van der Waals surface area contributed by atoms with E-state index in [1.165, 1.54) is 0 Å². The minimum Gasteiger partial charge on any atom is -0.492 e. The van der Waals surface area contributed by atoms with Crippen LogP contribution in [0.4, 0.5) is 0 Å². The molecule has 0 aliphatic rings. The van der Waals surface area contributed by atoms with Crippen molar-refractivity contribution in [2.45, 2.75) is 33.8 Å². The van der Waals surface area contributed by atoms with Crippen LogP contribution in [0.5, 0.6) is 11.5 Å². The molecule has 0 saturated heterocycles. The van der Waals surface area contributed by atoms with E-state index in [4.69, 9.17) is 9.47 Å². The Morgan fingerprint density at radius 3 is 2.21 bits per heavy atom. The zero-order chi connectivity index (χ0) is 17.5. The van der Waals surface area contributed by atoms with Crippen molar-refractivity contribution in [1.82, 2.24) is 5.32 Å². The predicted octanol–water partition coefficient (Wildman–Crippen LogP) is 3.57. The molecule has 2 rings (SSSR count). The number of ether oxygens (including phenoxy) is 2. The van der Waals surface area contributed by atoms with Crippen LogP contribution in [0.1, 0.15) is 23.6 Å². The predicted molar refractivity (Wildman–Crippen MR) is 95.7 cm³/mol. The number of rotatable bonds is 7. The Bertz CT molecular complexity index is 660. The molecule has 0 spiro atoms. The molecule has 0 radical (unpaired) electrons. The SMILES string of the molecule is Cc1ccc(O[C@@H](C)C(=O)NCCOc2cc(C)cc(C)c2)cc1. The summed E-state index contributed by atoms with van der Waals surface area (Å²) < 4.78 is 11.3. The van der Waals surface area contributed by atoms with Gasteiger partial charge in [0.2, 0.25) is 0 Å². The molecule has 1 amide bonds. The number of amides is 1. The average Bonchev–Trinajstić information content (AvgIpc) is 2.52. The number of carbonyl (C=O) groups excluding carboxylic acids is 1. The van der Waals surface area contributed by atoms with Crippen LogP contribution in [-0.4, -0.2) is 25.2 Å². The van der Waals surface area contributed by atoms with Gasteiger partial charge >= 0.3 is 0 Å². The fourth-order valence-electron chi connectivity index (χ4n) is 2.38. The molecule has 0 fully saturated rings. The second-order valence-electron chi connectivity index (χ2n) is 6.04. The van der Waals surface area contributed by atoms with Crippen molar-refractivity contribution < 1.29 is 14.3 Å². The lowest BCUT2D eigenvalue weighted by Gasteiger charge is -2.15. The van der Waals surface area contributed by atoms with Gasteiger partial charge in [-0.15, -0.1) is 0 Å². The van der Waals surface area contributed by atoms with Crippen LogP contribution in [-0.2, 0) is 4.79 Å². The van der Waals surface area contributed by atoms with Crippen LogP contribution in [0.2, 0.25) is 0 Å². The van der Waals surface area contributed by atoms with Crippen molar-refractivity contribution in [2.24, 2.45) is 0 Å². The topological polar surface area (TPSA) is 47.6 Å². The van der Waals surface area contributed by atoms with E-state index >= 15 is 0 Å². The van der Waals surface area contributed by atoms with Crippen molar-refractivity contribution in [3.05, 3.63) is 59.2 Å². The lowest BCUT2D eigenvalue weighted by atomic mass is 10.1. The summed E-state index contributed by atoms with van der Waals surface area (Å²) in [6.45, 7) is 8.67. The quantitative estimate of drug-likeness (QED) is 0.791. The third-order valence-electron chi connectivity index (χ3n) is 3.57. The number of carbonyl (C=O) groups is 1. The monoisotopic (exact) mass is 327 g/mol. The molecule has 4 heteroatoms. The molecule has 24 heavy (non-hydrogen) atoms. The molecule has 2 aromatic rings. The van der Waals surface area contributed by atoms with Gasteiger partial charge in [-0.25, -0.2) is 0 Å². The van der Waals surface area contributed by atoms with Gasteiger partial charge in [-0.3, -0.25) is 4.79 Å². The van der Waals surface area contributed by atoms with E-state index < -0.39 is 6.10 Å². The summed E-state index contributed by atoms with van der Waals surface area (Å²) in [6, 6.07) is 13.7. The zero-order valence-electron chi connectivity index (χ0n) is 14.8. The molecule has 0 saturated carbocycles. The van der Waals surface area contributed by atoms with E-state index in [1.807, 2.05) is 57.2 Å². The molecule has 4 nitrogen and oxygen atoms in total. The average molecular weight is 327 g/mol. The Kier molecular flexibility index (Phi) is 6.24. The van der Waals surface area contributed by atoms with Gasteiger partial charge in [-0.1, -0.05) is 23.8 Å². The van der Waals surface area contributed by atoms with Gasteiger partial charge in [-0.05, 0) is 63.1 Å².